The average molecular weight is 352 g/mol. The zero-order chi connectivity index (χ0) is 18.9. The van der Waals surface area contributed by atoms with Crippen LogP contribution in [0.2, 0.25) is 0 Å². The third-order valence-electron chi connectivity index (χ3n) is 5.32. The Morgan fingerprint density at radius 3 is 2.77 bits per heavy atom. The van der Waals surface area contributed by atoms with Crippen LogP contribution in [0.4, 0.5) is 0 Å². The molecule has 1 saturated heterocycles. The standard InChI is InChI=1S/C20H24N4O2/c1-12-5-7-20(19(23)26,17(25)16(12)15-6-8-24-11-15)10-13-3-2-4-14(9-13)18(21)22/h2-5,7,9,15,24H,6,8,10-11H2,1H3,(H3,21,22)(H2,23,26)/t15-,20?/m1/s1. The quantitative estimate of drug-likeness (QED) is 0.359. The summed E-state index contributed by atoms with van der Waals surface area (Å²) < 4.78 is 0. The van der Waals surface area contributed by atoms with Crippen molar-refractivity contribution in [2.24, 2.45) is 22.8 Å². The lowest BCUT2D eigenvalue weighted by Gasteiger charge is -2.32. The maximum absolute atomic E-state index is 13.4. The molecule has 0 bridgehead atoms. The monoisotopic (exact) mass is 352 g/mol. The Hall–Kier alpha value is -2.73. The zero-order valence-electron chi connectivity index (χ0n) is 14.8. The van der Waals surface area contributed by atoms with E-state index in [9.17, 15) is 9.59 Å². The van der Waals surface area contributed by atoms with Crippen molar-refractivity contribution in [1.29, 1.82) is 5.41 Å². The fourth-order valence-electron chi connectivity index (χ4n) is 3.85. The van der Waals surface area contributed by atoms with Gasteiger partial charge in [-0.25, -0.2) is 0 Å². The molecule has 2 atom stereocenters. The van der Waals surface area contributed by atoms with Crippen LogP contribution in [0.25, 0.3) is 0 Å². The van der Waals surface area contributed by atoms with Crippen molar-refractivity contribution in [2.45, 2.75) is 19.8 Å². The van der Waals surface area contributed by atoms with Crippen molar-refractivity contribution in [2.75, 3.05) is 13.1 Å². The number of nitrogens with two attached hydrogens (primary N) is 2. The van der Waals surface area contributed by atoms with E-state index in [-0.39, 0.29) is 24.0 Å². The molecule has 1 heterocycles. The predicted molar refractivity (Wildman–Crippen MR) is 101 cm³/mol. The van der Waals surface area contributed by atoms with E-state index in [1.165, 1.54) is 0 Å². The van der Waals surface area contributed by atoms with E-state index in [1.54, 1.807) is 24.3 Å². The first-order valence-corrected chi connectivity index (χ1v) is 8.74. The number of carbonyl (C=O) groups excluding carboxylic acids is 2. The van der Waals surface area contributed by atoms with Gasteiger partial charge in [0.2, 0.25) is 5.91 Å². The number of amidine groups is 1. The van der Waals surface area contributed by atoms with Crippen LogP contribution in [0.5, 0.6) is 0 Å². The smallest absolute Gasteiger partial charge is 0.235 e. The molecule has 1 amide bonds. The van der Waals surface area contributed by atoms with Crippen LogP contribution in [-0.2, 0) is 16.0 Å². The number of carbonyl (C=O) groups is 2. The summed E-state index contributed by atoms with van der Waals surface area (Å²) in [6.45, 7) is 3.51. The second-order valence-electron chi connectivity index (χ2n) is 7.08. The lowest BCUT2D eigenvalue weighted by molar-refractivity contribution is -0.135. The summed E-state index contributed by atoms with van der Waals surface area (Å²) in [5, 5.41) is 10.9. The Balaban J connectivity index is 2.00. The first kappa shape index (κ1) is 18.1. The van der Waals surface area contributed by atoms with E-state index in [1.807, 2.05) is 19.1 Å². The number of hydrogen-bond acceptors (Lipinski definition) is 4. The van der Waals surface area contributed by atoms with Gasteiger partial charge in [0, 0.05) is 23.6 Å². The summed E-state index contributed by atoms with van der Waals surface area (Å²) in [6, 6.07) is 7.04. The summed E-state index contributed by atoms with van der Waals surface area (Å²) in [5.41, 5.74) is 12.8. The molecule has 0 saturated carbocycles. The number of allylic oxidation sites excluding steroid dienone is 2. The van der Waals surface area contributed by atoms with E-state index in [2.05, 4.69) is 5.32 Å². The molecule has 136 valence electrons. The zero-order valence-corrected chi connectivity index (χ0v) is 14.8. The Kier molecular flexibility index (Phi) is 4.78. The second-order valence-corrected chi connectivity index (χ2v) is 7.08. The molecule has 6 heteroatoms. The lowest BCUT2D eigenvalue weighted by Crippen LogP contribution is -2.47. The highest BCUT2D eigenvalue weighted by Crippen LogP contribution is 2.38. The minimum atomic E-state index is -1.40. The highest BCUT2D eigenvalue weighted by molar-refractivity contribution is 6.16. The molecule has 1 unspecified atom stereocenters. The molecule has 1 aromatic carbocycles. The second kappa shape index (κ2) is 6.88. The van der Waals surface area contributed by atoms with Crippen molar-refractivity contribution in [3.05, 3.63) is 58.7 Å². The van der Waals surface area contributed by atoms with Gasteiger partial charge in [-0.05, 0) is 43.5 Å². The SMILES string of the molecule is CC1=C([C@@H]2CCNC2)C(=O)C(Cc2cccc(C(=N)N)c2)(C(N)=O)C=C1. The minimum absolute atomic E-state index is 0.0565. The average Bonchev–Trinajstić information content (AvgIpc) is 3.12. The fourth-order valence-corrected chi connectivity index (χ4v) is 3.85. The van der Waals surface area contributed by atoms with Crippen LogP contribution in [0.15, 0.2) is 47.6 Å². The first-order chi connectivity index (χ1) is 12.3. The molecule has 1 aliphatic heterocycles. The molecule has 6 nitrogen and oxygen atoms in total. The molecule has 1 aromatic rings. The van der Waals surface area contributed by atoms with Crippen LogP contribution in [0.1, 0.15) is 24.5 Å². The molecule has 6 N–H and O–H groups in total. The van der Waals surface area contributed by atoms with Crippen LogP contribution in [0.3, 0.4) is 0 Å². The van der Waals surface area contributed by atoms with Gasteiger partial charge in [-0.1, -0.05) is 30.4 Å². The maximum atomic E-state index is 13.4. The van der Waals surface area contributed by atoms with Gasteiger partial charge in [0.1, 0.15) is 11.3 Å². The molecular weight excluding hydrogens is 328 g/mol. The Morgan fingerprint density at radius 1 is 1.38 bits per heavy atom. The van der Waals surface area contributed by atoms with Crippen molar-refractivity contribution in [3.63, 3.8) is 0 Å². The summed E-state index contributed by atoms with van der Waals surface area (Å²) >= 11 is 0. The van der Waals surface area contributed by atoms with Crippen molar-refractivity contribution in [1.82, 2.24) is 5.32 Å². The summed E-state index contributed by atoms with van der Waals surface area (Å²) in [7, 11) is 0. The largest absolute Gasteiger partial charge is 0.384 e. The Morgan fingerprint density at radius 2 is 2.15 bits per heavy atom. The van der Waals surface area contributed by atoms with Crippen LogP contribution in [-0.4, -0.2) is 30.6 Å². The van der Waals surface area contributed by atoms with Crippen LogP contribution in [0, 0.1) is 16.7 Å². The van der Waals surface area contributed by atoms with Gasteiger partial charge in [-0.3, -0.25) is 15.0 Å². The molecule has 0 radical (unpaired) electrons. The van der Waals surface area contributed by atoms with E-state index >= 15 is 0 Å². The summed E-state index contributed by atoms with van der Waals surface area (Å²) in [4.78, 5) is 25.8. The van der Waals surface area contributed by atoms with Crippen molar-refractivity contribution < 1.29 is 9.59 Å². The van der Waals surface area contributed by atoms with Gasteiger partial charge in [0.25, 0.3) is 0 Å². The number of nitrogen functional groups attached to an aromatic ring is 1. The molecule has 0 aromatic heterocycles. The van der Waals surface area contributed by atoms with Gasteiger partial charge in [0.15, 0.2) is 5.78 Å². The van der Waals surface area contributed by atoms with Gasteiger partial charge < -0.3 is 16.8 Å². The molecule has 1 fully saturated rings. The Labute approximate surface area is 152 Å². The summed E-state index contributed by atoms with van der Waals surface area (Å²) in [5.74, 6) is -0.802. The van der Waals surface area contributed by atoms with Gasteiger partial charge in [-0.2, -0.15) is 0 Å². The fraction of sp³-hybridized carbons (Fsp3) is 0.350. The molecule has 2 aliphatic rings. The highest BCUT2D eigenvalue weighted by Gasteiger charge is 2.47. The van der Waals surface area contributed by atoms with Crippen molar-refractivity contribution >= 4 is 17.5 Å². The number of nitrogens with one attached hydrogen (secondary N) is 2. The van der Waals surface area contributed by atoms with Crippen LogP contribution < -0.4 is 16.8 Å². The number of rotatable bonds is 5. The molecule has 1 aliphatic carbocycles. The molecular formula is C20H24N4O2. The van der Waals surface area contributed by atoms with E-state index in [4.69, 9.17) is 16.9 Å². The Bertz CT molecular complexity index is 834. The first-order valence-electron chi connectivity index (χ1n) is 8.74. The topological polar surface area (TPSA) is 122 Å². The highest BCUT2D eigenvalue weighted by atomic mass is 16.2. The number of hydrogen-bond donors (Lipinski definition) is 4. The van der Waals surface area contributed by atoms with Gasteiger partial charge >= 0.3 is 0 Å². The number of ketones is 1. The van der Waals surface area contributed by atoms with E-state index in [0.717, 1.165) is 30.6 Å². The van der Waals surface area contributed by atoms with Gasteiger partial charge in [-0.15, -0.1) is 0 Å². The van der Waals surface area contributed by atoms with Crippen LogP contribution >= 0.6 is 0 Å². The molecule has 26 heavy (non-hydrogen) atoms. The molecule has 3 rings (SSSR count). The number of amides is 1. The third kappa shape index (κ3) is 3.08. The number of benzene rings is 1. The maximum Gasteiger partial charge on any atom is 0.235 e. The number of Topliss-reactive ketones (excluding diaryl/α,β-unsaturated/α-hetero) is 1. The summed E-state index contributed by atoms with van der Waals surface area (Å²) in [6.07, 6.45) is 4.52. The van der Waals surface area contributed by atoms with Crippen molar-refractivity contribution in [3.8, 4) is 0 Å². The lowest BCUT2D eigenvalue weighted by atomic mass is 9.68. The van der Waals surface area contributed by atoms with Gasteiger partial charge in [0.05, 0.1) is 0 Å². The minimum Gasteiger partial charge on any atom is -0.384 e. The van der Waals surface area contributed by atoms with E-state index in [0.29, 0.717) is 11.1 Å². The van der Waals surface area contributed by atoms with E-state index < -0.39 is 11.3 Å². The predicted octanol–water partition coefficient (Wildman–Crippen LogP) is 1.05. The normalized spacial score (nSPS) is 25.6. The number of primary amides is 1. The third-order valence-corrected chi connectivity index (χ3v) is 5.32. The molecule has 0 spiro atoms.